The van der Waals surface area contributed by atoms with Gasteiger partial charge in [-0.2, -0.15) is 0 Å². The number of aryl methyl sites for hydroxylation is 2. The second kappa shape index (κ2) is 7.62. The van der Waals surface area contributed by atoms with Crippen molar-refractivity contribution in [3.05, 3.63) is 76.0 Å². The maximum atomic E-state index is 13.3. The number of hydrogen-bond acceptors (Lipinski definition) is 2. The number of allylic oxidation sites excluding steroid dienone is 2. The first-order chi connectivity index (χ1) is 13.9. The molecule has 0 radical (unpaired) electrons. The van der Waals surface area contributed by atoms with Gasteiger partial charge in [0.2, 0.25) is 5.91 Å². The molecule has 29 heavy (non-hydrogen) atoms. The lowest BCUT2D eigenvalue weighted by molar-refractivity contribution is -0.119. The quantitative estimate of drug-likeness (QED) is 0.652. The van der Waals surface area contributed by atoms with Crippen molar-refractivity contribution in [1.29, 1.82) is 0 Å². The van der Waals surface area contributed by atoms with E-state index < -0.39 is 0 Å². The summed E-state index contributed by atoms with van der Waals surface area (Å²) < 4.78 is 0. The number of benzene rings is 2. The molecule has 4 rings (SSSR count). The van der Waals surface area contributed by atoms with Crippen LogP contribution in [-0.4, -0.2) is 11.7 Å². The average Bonchev–Trinajstić information content (AvgIpc) is 2.68. The molecule has 1 atom stereocenters. The summed E-state index contributed by atoms with van der Waals surface area (Å²) in [5, 5.41) is 0. The highest BCUT2D eigenvalue weighted by molar-refractivity contribution is 6.07. The summed E-state index contributed by atoms with van der Waals surface area (Å²) in [7, 11) is 0. The average molecular weight is 388 g/mol. The Morgan fingerprint density at radius 3 is 2.34 bits per heavy atom. The zero-order valence-corrected chi connectivity index (χ0v) is 17.8. The van der Waals surface area contributed by atoms with Gasteiger partial charge in [-0.3, -0.25) is 14.5 Å². The predicted octanol–water partition coefficient (Wildman–Crippen LogP) is 5.95. The third-order valence-electron chi connectivity index (χ3n) is 6.27. The summed E-state index contributed by atoms with van der Waals surface area (Å²) in [5.74, 6) is 0.617. The molecule has 1 aliphatic carbocycles. The molecule has 1 unspecified atom stereocenters. The molecule has 0 aromatic heterocycles. The van der Waals surface area contributed by atoms with Crippen molar-refractivity contribution in [2.24, 2.45) is 0 Å². The summed E-state index contributed by atoms with van der Waals surface area (Å²) in [6, 6.07) is 14.6. The van der Waals surface area contributed by atoms with E-state index in [1.54, 1.807) is 0 Å². The van der Waals surface area contributed by atoms with Crippen LogP contribution >= 0.6 is 0 Å². The van der Waals surface area contributed by atoms with Crippen molar-refractivity contribution >= 4 is 17.4 Å². The number of carbonyl (C=O) groups is 2. The molecule has 1 heterocycles. The number of hydrogen-bond donors (Lipinski definition) is 0. The number of carbonyl (C=O) groups excluding carboxylic acids is 2. The Labute approximate surface area is 173 Å². The SMILES string of the molecule is Cc1ccc(N2C(=O)CC(c3ccc(C(C)C)cc3)C3=C2CCCC3=O)c(C)c1. The molecule has 0 fully saturated rings. The van der Waals surface area contributed by atoms with E-state index in [2.05, 4.69) is 51.1 Å². The van der Waals surface area contributed by atoms with Gasteiger partial charge < -0.3 is 0 Å². The standard InChI is InChI=1S/C26H29NO2/c1-16(2)19-9-11-20(12-10-19)21-15-25(29)27(22-13-8-17(3)14-18(22)4)23-6-5-7-24(28)26(21)23/h8-14,16,21H,5-7,15H2,1-4H3. The first kappa shape index (κ1) is 19.6. The molecule has 150 valence electrons. The minimum atomic E-state index is -0.131. The van der Waals surface area contributed by atoms with E-state index in [-0.39, 0.29) is 17.6 Å². The number of amides is 1. The zero-order chi connectivity index (χ0) is 20.7. The summed E-state index contributed by atoms with van der Waals surface area (Å²) in [5.41, 5.74) is 7.28. The zero-order valence-electron chi connectivity index (χ0n) is 17.8. The third kappa shape index (κ3) is 3.55. The van der Waals surface area contributed by atoms with Crippen LogP contribution in [0.2, 0.25) is 0 Å². The van der Waals surface area contributed by atoms with Crippen LogP contribution in [0.4, 0.5) is 5.69 Å². The number of Topliss-reactive ketones (excluding diaryl/α,β-unsaturated/α-hetero) is 1. The first-order valence-electron chi connectivity index (χ1n) is 10.6. The minimum Gasteiger partial charge on any atom is -0.294 e. The van der Waals surface area contributed by atoms with Gasteiger partial charge in [0, 0.05) is 30.0 Å². The summed E-state index contributed by atoms with van der Waals surface area (Å²) in [4.78, 5) is 28.2. The molecule has 0 saturated carbocycles. The Bertz CT molecular complexity index is 998. The summed E-state index contributed by atoms with van der Waals surface area (Å²) in [6.07, 6.45) is 2.51. The molecular formula is C26H29NO2. The fraction of sp³-hybridized carbons (Fsp3) is 0.385. The van der Waals surface area contributed by atoms with Gasteiger partial charge in [0.25, 0.3) is 0 Å². The smallest absolute Gasteiger partial charge is 0.232 e. The van der Waals surface area contributed by atoms with Gasteiger partial charge >= 0.3 is 0 Å². The molecule has 0 bridgehead atoms. The lowest BCUT2D eigenvalue weighted by Gasteiger charge is -2.39. The molecule has 0 saturated heterocycles. The van der Waals surface area contributed by atoms with E-state index in [1.807, 2.05) is 24.0 Å². The normalized spacial score (nSPS) is 19.8. The van der Waals surface area contributed by atoms with Crippen LogP contribution in [0.3, 0.4) is 0 Å². The minimum absolute atomic E-state index is 0.0864. The first-order valence-corrected chi connectivity index (χ1v) is 10.6. The molecule has 1 aliphatic heterocycles. The van der Waals surface area contributed by atoms with E-state index in [4.69, 9.17) is 0 Å². The van der Waals surface area contributed by atoms with Crippen LogP contribution < -0.4 is 4.90 Å². The van der Waals surface area contributed by atoms with Gasteiger partial charge in [-0.05, 0) is 55.4 Å². The predicted molar refractivity (Wildman–Crippen MR) is 117 cm³/mol. The summed E-state index contributed by atoms with van der Waals surface area (Å²) >= 11 is 0. The molecule has 2 aliphatic rings. The number of ketones is 1. The Balaban J connectivity index is 1.82. The molecule has 0 spiro atoms. The topological polar surface area (TPSA) is 37.4 Å². The highest BCUT2D eigenvalue weighted by Crippen LogP contribution is 2.44. The van der Waals surface area contributed by atoms with Crippen LogP contribution in [0.5, 0.6) is 0 Å². The third-order valence-corrected chi connectivity index (χ3v) is 6.27. The van der Waals surface area contributed by atoms with E-state index in [1.165, 1.54) is 11.1 Å². The largest absolute Gasteiger partial charge is 0.294 e. The molecule has 3 heteroatoms. The van der Waals surface area contributed by atoms with Gasteiger partial charge in [-0.1, -0.05) is 55.8 Å². The highest BCUT2D eigenvalue weighted by atomic mass is 16.2. The second-order valence-electron chi connectivity index (χ2n) is 8.73. The molecule has 3 nitrogen and oxygen atoms in total. The van der Waals surface area contributed by atoms with Crippen molar-refractivity contribution in [1.82, 2.24) is 0 Å². The van der Waals surface area contributed by atoms with Gasteiger partial charge in [0.1, 0.15) is 0 Å². The van der Waals surface area contributed by atoms with E-state index >= 15 is 0 Å². The maximum Gasteiger partial charge on any atom is 0.232 e. The lowest BCUT2D eigenvalue weighted by atomic mass is 9.76. The van der Waals surface area contributed by atoms with Gasteiger partial charge in [0.05, 0.1) is 5.69 Å². The van der Waals surface area contributed by atoms with Crippen LogP contribution in [0.25, 0.3) is 0 Å². The van der Waals surface area contributed by atoms with Crippen LogP contribution in [0.15, 0.2) is 53.7 Å². The fourth-order valence-corrected chi connectivity index (χ4v) is 4.73. The molecular weight excluding hydrogens is 358 g/mol. The van der Waals surface area contributed by atoms with Crippen molar-refractivity contribution < 1.29 is 9.59 Å². The molecule has 0 N–H and O–H groups in total. The Morgan fingerprint density at radius 2 is 1.69 bits per heavy atom. The van der Waals surface area contributed by atoms with Crippen molar-refractivity contribution in [2.75, 3.05) is 4.90 Å². The highest BCUT2D eigenvalue weighted by Gasteiger charge is 2.40. The van der Waals surface area contributed by atoms with Crippen molar-refractivity contribution in [3.63, 3.8) is 0 Å². The second-order valence-corrected chi connectivity index (χ2v) is 8.73. The van der Waals surface area contributed by atoms with Crippen LogP contribution in [0.1, 0.15) is 73.6 Å². The number of anilines is 1. The van der Waals surface area contributed by atoms with Crippen LogP contribution in [-0.2, 0) is 9.59 Å². The molecule has 2 aromatic carbocycles. The Hall–Kier alpha value is -2.68. The van der Waals surface area contributed by atoms with Gasteiger partial charge in [-0.25, -0.2) is 0 Å². The van der Waals surface area contributed by atoms with Gasteiger partial charge in [0.15, 0.2) is 5.78 Å². The maximum absolute atomic E-state index is 13.3. The van der Waals surface area contributed by atoms with Crippen LogP contribution in [0, 0.1) is 13.8 Å². The fourth-order valence-electron chi connectivity index (χ4n) is 4.73. The van der Waals surface area contributed by atoms with E-state index in [0.29, 0.717) is 18.8 Å². The molecule has 1 amide bonds. The monoisotopic (exact) mass is 387 g/mol. The Morgan fingerprint density at radius 1 is 0.966 bits per heavy atom. The van der Waals surface area contributed by atoms with Gasteiger partial charge in [-0.15, -0.1) is 0 Å². The molecule has 2 aromatic rings. The van der Waals surface area contributed by atoms with Crippen molar-refractivity contribution in [3.8, 4) is 0 Å². The summed E-state index contributed by atoms with van der Waals surface area (Å²) in [6.45, 7) is 8.44. The van der Waals surface area contributed by atoms with Crippen molar-refractivity contribution in [2.45, 2.75) is 65.2 Å². The van der Waals surface area contributed by atoms with E-state index in [9.17, 15) is 9.59 Å². The lowest BCUT2D eigenvalue weighted by Crippen LogP contribution is -2.40. The number of nitrogens with zero attached hydrogens (tertiary/aromatic N) is 1. The van der Waals surface area contributed by atoms with E-state index in [0.717, 1.165) is 40.9 Å². The Kier molecular flexibility index (Phi) is 5.16. The number of rotatable bonds is 3.